The Morgan fingerprint density at radius 3 is 0.929 bits per heavy atom. The molecule has 2 heteroatoms. The summed E-state index contributed by atoms with van der Waals surface area (Å²) in [5.74, 6) is 0. The van der Waals surface area contributed by atoms with Crippen LogP contribution in [0.25, 0.3) is 21.5 Å². The number of hydrogen-bond acceptors (Lipinski definition) is 2. The molecule has 28 heavy (non-hydrogen) atoms. The molecule has 0 aliphatic heterocycles. The second-order valence-electron chi connectivity index (χ2n) is 6.53. The van der Waals surface area contributed by atoms with Crippen molar-refractivity contribution >= 4 is 32.9 Å². The molecule has 0 bridgehead atoms. The smallest absolute Gasteiger partial charge is 0.0539 e. The molecule has 0 unspecified atom stereocenters. The van der Waals surface area contributed by atoms with Crippen LogP contribution in [0, 0.1) is 0 Å². The van der Waals surface area contributed by atoms with Gasteiger partial charge in [0.25, 0.3) is 0 Å². The van der Waals surface area contributed by atoms with Crippen molar-refractivity contribution in [1.82, 2.24) is 0 Å². The monoisotopic (exact) mass is 362 g/mol. The number of hydrazine groups is 1. The van der Waals surface area contributed by atoms with Crippen LogP contribution in [0.15, 0.2) is 121 Å². The lowest BCUT2D eigenvalue weighted by atomic mass is 10.0. The van der Waals surface area contributed by atoms with Crippen LogP contribution in [-0.2, 0) is 0 Å². The minimum atomic E-state index is 1.05. The highest BCUT2D eigenvalue weighted by atomic mass is 15.4. The molecule has 5 aromatic carbocycles. The quantitative estimate of drug-likeness (QED) is 0.264. The molecule has 0 saturated heterocycles. The van der Waals surface area contributed by atoms with Gasteiger partial charge in [0.2, 0.25) is 0 Å². The number of rotatable bonds is 3. The van der Waals surface area contributed by atoms with Crippen LogP contribution in [0.5, 0.6) is 0 Å². The fourth-order valence-corrected chi connectivity index (χ4v) is 3.07. The second kappa shape index (κ2) is 8.74. The highest BCUT2D eigenvalue weighted by Gasteiger charge is 1.95. The topological polar surface area (TPSA) is 24.1 Å². The van der Waals surface area contributed by atoms with Gasteiger partial charge in [0, 0.05) is 0 Å². The van der Waals surface area contributed by atoms with Gasteiger partial charge in [0.15, 0.2) is 0 Å². The maximum atomic E-state index is 3.11. The number of fused-ring (bicyclic) bond motifs is 2. The molecule has 5 rings (SSSR count). The van der Waals surface area contributed by atoms with E-state index >= 15 is 0 Å². The van der Waals surface area contributed by atoms with Gasteiger partial charge in [-0.2, -0.15) is 0 Å². The summed E-state index contributed by atoms with van der Waals surface area (Å²) in [5.41, 5.74) is 8.33. The molecule has 136 valence electrons. The van der Waals surface area contributed by atoms with Crippen LogP contribution in [0.1, 0.15) is 0 Å². The zero-order chi connectivity index (χ0) is 19.0. The highest BCUT2D eigenvalue weighted by molar-refractivity contribution is 5.98. The lowest BCUT2D eigenvalue weighted by Crippen LogP contribution is -2.07. The lowest BCUT2D eigenvalue weighted by molar-refractivity contribution is 1.41. The largest absolute Gasteiger partial charge is 0.301 e. The molecule has 0 spiro atoms. The number of nitrogens with one attached hydrogen (secondary N) is 2. The minimum absolute atomic E-state index is 1.05. The molecule has 0 heterocycles. The summed E-state index contributed by atoms with van der Waals surface area (Å²) in [5, 5.41) is 5.25. The van der Waals surface area contributed by atoms with E-state index in [0.29, 0.717) is 0 Å². The van der Waals surface area contributed by atoms with Gasteiger partial charge in [-0.25, -0.2) is 0 Å². The van der Waals surface area contributed by atoms with E-state index in [0.717, 1.165) is 11.4 Å². The molecule has 0 atom stereocenters. The Balaban J connectivity index is 0.000000137. The van der Waals surface area contributed by atoms with Crippen molar-refractivity contribution in [1.29, 1.82) is 0 Å². The van der Waals surface area contributed by atoms with E-state index in [9.17, 15) is 0 Å². The summed E-state index contributed by atoms with van der Waals surface area (Å²) < 4.78 is 0. The fraction of sp³-hybridized carbons (Fsp3) is 0. The molecule has 0 fully saturated rings. The van der Waals surface area contributed by atoms with Gasteiger partial charge < -0.3 is 10.9 Å². The van der Waals surface area contributed by atoms with Crippen molar-refractivity contribution in [2.45, 2.75) is 0 Å². The first-order valence-corrected chi connectivity index (χ1v) is 9.38. The van der Waals surface area contributed by atoms with Crippen LogP contribution in [0.2, 0.25) is 0 Å². The SMILES string of the molecule is c1ccc(NNc2ccccc2)cc1.c1ccc2cc3ccccc3cc2c1. The average molecular weight is 362 g/mol. The van der Waals surface area contributed by atoms with Gasteiger partial charge >= 0.3 is 0 Å². The van der Waals surface area contributed by atoms with E-state index in [1.54, 1.807) is 0 Å². The maximum absolute atomic E-state index is 3.11. The predicted octanol–water partition coefficient (Wildman–Crippen LogP) is 7.12. The van der Waals surface area contributed by atoms with Crippen molar-refractivity contribution in [3.05, 3.63) is 121 Å². The van der Waals surface area contributed by atoms with E-state index in [1.807, 2.05) is 60.7 Å². The number of benzene rings is 5. The predicted molar refractivity (Wildman–Crippen MR) is 122 cm³/mol. The van der Waals surface area contributed by atoms with Crippen molar-refractivity contribution in [2.24, 2.45) is 0 Å². The van der Waals surface area contributed by atoms with Crippen molar-refractivity contribution in [3.8, 4) is 0 Å². The molecular weight excluding hydrogens is 340 g/mol. The first-order chi connectivity index (χ1) is 13.9. The molecule has 5 aromatic rings. The third-order valence-corrected chi connectivity index (χ3v) is 4.51. The van der Waals surface area contributed by atoms with Gasteiger partial charge in [-0.05, 0) is 57.9 Å². The summed E-state index contributed by atoms with van der Waals surface area (Å²) in [7, 11) is 0. The Morgan fingerprint density at radius 2 is 0.607 bits per heavy atom. The molecule has 0 amide bonds. The molecular formula is C26H22N2. The van der Waals surface area contributed by atoms with Crippen LogP contribution < -0.4 is 10.9 Å². The molecule has 0 aromatic heterocycles. The molecule has 0 saturated carbocycles. The standard InChI is InChI=1S/C14H10.C12H12N2/c1-2-6-12-10-14-8-4-3-7-13(14)9-11(12)5-1;1-3-7-11(8-4-1)13-14-12-9-5-2-6-10-12/h1-10H;1-10,13-14H. The zero-order valence-electron chi connectivity index (χ0n) is 15.5. The Labute approximate surface area is 165 Å². The number of anilines is 2. The number of hydrogen-bond donors (Lipinski definition) is 2. The Bertz CT molecular complexity index is 1010. The fourth-order valence-electron chi connectivity index (χ4n) is 3.07. The molecule has 0 aliphatic carbocycles. The van der Waals surface area contributed by atoms with Gasteiger partial charge in [-0.15, -0.1) is 0 Å². The average Bonchev–Trinajstić information content (AvgIpc) is 2.78. The van der Waals surface area contributed by atoms with Gasteiger partial charge in [0.1, 0.15) is 0 Å². The van der Waals surface area contributed by atoms with Crippen LogP contribution in [-0.4, -0.2) is 0 Å². The third-order valence-electron chi connectivity index (χ3n) is 4.51. The van der Waals surface area contributed by atoms with Crippen LogP contribution in [0.3, 0.4) is 0 Å². The van der Waals surface area contributed by atoms with E-state index in [4.69, 9.17) is 0 Å². The zero-order valence-corrected chi connectivity index (χ0v) is 15.5. The molecule has 2 N–H and O–H groups in total. The summed E-state index contributed by atoms with van der Waals surface area (Å²) >= 11 is 0. The number of para-hydroxylation sites is 2. The van der Waals surface area contributed by atoms with E-state index in [1.165, 1.54) is 21.5 Å². The van der Waals surface area contributed by atoms with Crippen molar-refractivity contribution in [3.63, 3.8) is 0 Å². The minimum Gasteiger partial charge on any atom is -0.301 e. The van der Waals surface area contributed by atoms with Crippen LogP contribution >= 0.6 is 0 Å². The molecule has 0 radical (unpaired) electrons. The molecule has 0 aliphatic rings. The first-order valence-electron chi connectivity index (χ1n) is 9.38. The van der Waals surface area contributed by atoms with Crippen molar-refractivity contribution in [2.75, 3.05) is 10.9 Å². The van der Waals surface area contributed by atoms with E-state index in [-0.39, 0.29) is 0 Å². The first kappa shape index (κ1) is 17.6. The Kier molecular flexibility index (Phi) is 5.50. The second-order valence-corrected chi connectivity index (χ2v) is 6.53. The maximum Gasteiger partial charge on any atom is 0.0539 e. The van der Waals surface area contributed by atoms with Gasteiger partial charge in [0.05, 0.1) is 11.4 Å². The highest BCUT2D eigenvalue weighted by Crippen LogP contribution is 2.22. The van der Waals surface area contributed by atoms with Gasteiger partial charge in [-0.1, -0.05) is 84.9 Å². The lowest BCUT2D eigenvalue weighted by Gasteiger charge is -2.08. The summed E-state index contributed by atoms with van der Waals surface area (Å²) in [6, 6.07) is 41.4. The van der Waals surface area contributed by atoms with Crippen LogP contribution in [0.4, 0.5) is 11.4 Å². The Hall–Kier alpha value is -3.78. The van der Waals surface area contributed by atoms with E-state index < -0.39 is 0 Å². The normalized spacial score (nSPS) is 10.1. The summed E-state index contributed by atoms with van der Waals surface area (Å²) in [6.07, 6.45) is 0. The third kappa shape index (κ3) is 4.49. The van der Waals surface area contributed by atoms with Gasteiger partial charge in [-0.3, -0.25) is 0 Å². The molecule has 2 nitrogen and oxygen atoms in total. The van der Waals surface area contributed by atoms with Crippen molar-refractivity contribution < 1.29 is 0 Å². The Morgan fingerprint density at radius 1 is 0.321 bits per heavy atom. The summed E-state index contributed by atoms with van der Waals surface area (Å²) in [4.78, 5) is 0. The van der Waals surface area contributed by atoms with E-state index in [2.05, 4.69) is 71.5 Å². The summed E-state index contributed by atoms with van der Waals surface area (Å²) in [6.45, 7) is 0.